The number of H-pyrrole nitrogens is 2. The first-order chi connectivity index (χ1) is 18.1. The van der Waals surface area contributed by atoms with Gasteiger partial charge >= 0.3 is 0 Å². The second-order valence-corrected chi connectivity index (χ2v) is 8.49. The van der Waals surface area contributed by atoms with E-state index in [0.29, 0.717) is 0 Å². The molecule has 4 amide bonds. The van der Waals surface area contributed by atoms with Crippen LogP contribution in [0, 0.1) is 0 Å². The van der Waals surface area contributed by atoms with E-state index in [1.165, 1.54) is 35.0 Å². The number of aromatic nitrogens is 2. The number of aliphatic carboxylic acids is 1. The van der Waals surface area contributed by atoms with Crippen molar-refractivity contribution in [3.05, 3.63) is 84.7 Å². The van der Waals surface area contributed by atoms with Gasteiger partial charge in [0, 0.05) is 68.4 Å². The molecule has 1 unspecified atom stereocenters. The fourth-order valence-corrected chi connectivity index (χ4v) is 3.85. The first kappa shape index (κ1) is 27.6. The van der Waals surface area contributed by atoms with Crippen LogP contribution in [0.15, 0.2) is 79.1 Å². The number of benzene rings is 2. The lowest BCUT2D eigenvalue weighted by molar-refractivity contribution is -0.138. The molecule has 10 nitrogen and oxygen atoms in total. The van der Waals surface area contributed by atoms with Crippen LogP contribution in [-0.2, 0) is 24.0 Å². The number of nitrogens with one attached hydrogen (secondary N) is 2. The lowest BCUT2D eigenvalue weighted by Gasteiger charge is -2.07. The highest BCUT2D eigenvalue weighted by atomic mass is 16.4. The molecule has 2 aliphatic rings. The zero-order chi connectivity index (χ0) is 27.8. The van der Waals surface area contributed by atoms with Gasteiger partial charge in [-0.05, 0) is 29.1 Å². The summed E-state index contributed by atoms with van der Waals surface area (Å²) in [7, 11) is 2.99. The molecule has 0 spiro atoms. The number of carboxylic acids is 1. The van der Waals surface area contributed by atoms with Crippen LogP contribution in [0.25, 0.3) is 21.8 Å². The van der Waals surface area contributed by atoms with Crippen molar-refractivity contribution in [3.63, 3.8) is 0 Å². The Hall–Kier alpha value is -4.99. The zero-order valence-corrected chi connectivity index (χ0v) is 21.2. The van der Waals surface area contributed by atoms with Crippen LogP contribution in [0.4, 0.5) is 0 Å². The monoisotopic (exact) mass is 516 g/mol. The third-order valence-corrected chi connectivity index (χ3v) is 5.87. The third kappa shape index (κ3) is 6.61. The Morgan fingerprint density at radius 1 is 0.842 bits per heavy atom. The number of likely N-dealkylation sites (N-methyl/N-ethyl adjacent to an activating group) is 2. The Bertz CT molecular complexity index is 1460. The van der Waals surface area contributed by atoms with Crippen molar-refractivity contribution in [1.82, 2.24) is 19.8 Å². The number of carbonyl (C=O) groups is 5. The number of hydrogen-bond donors (Lipinski definition) is 3. The molecule has 0 saturated carbocycles. The highest BCUT2D eigenvalue weighted by molar-refractivity contribution is 6.12. The molecular formula is C28H28N4O6. The molecule has 10 heteroatoms. The minimum atomic E-state index is -0.833. The van der Waals surface area contributed by atoms with Crippen LogP contribution in [-0.4, -0.2) is 68.6 Å². The molecule has 0 aliphatic carbocycles. The van der Waals surface area contributed by atoms with Gasteiger partial charge in [0.05, 0.1) is 5.92 Å². The van der Waals surface area contributed by atoms with Crippen molar-refractivity contribution in [3.8, 4) is 0 Å². The fourth-order valence-electron chi connectivity index (χ4n) is 3.85. The van der Waals surface area contributed by atoms with Crippen molar-refractivity contribution >= 4 is 51.4 Å². The molecule has 1 saturated heterocycles. The Labute approximate surface area is 218 Å². The lowest BCUT2D eigenvalue weighted by Crippen LogP contribution is -2.25. The topological polar surface area (TPSA) is 144 Å². The number of hydrogen-bond acceptors (Lipinski definition) is 5. The van der Waals surface area contributed by atoms with E-state index >= 15 is 0 Å². The number of carboxylic acid groups (broad SMARTS) is 1. The molecule has 2 aromatic carbocycles. The number of fused-ring (bicyclic) bond motifs is 2. The standard InChI is InChI=1S/C13H12N2O2.C8H7N.C5H5NO2.C2H4O2/c1-15-12(16)6-9(13(15)17)10-7-14-11-5-3-2-4-8(10)11;1-2-4-8-7(3-1)5-6-9-8;1-6-4(7)2-3-5(6)8;1-2(3)4/h2-5,7,9,14H,6H2,1H3;1-6,9H;2-3H,1H3;1H3,(H,3,4). The number of carbonyl (C=O) groups excluding carboxylic acids is 4. The van der Waals surface area contributed by atoms with Crippen molar-refractivity contribution < 1.29 is 29.1 Å². The molecule has 2 aromatic heterocycles. The van der Waals surface area contributed by atoms with Crippen molar-refractivity contribution in [1.29, 1.82) is 0 Å². The number of amides is 4. The predicted molar refractivity (Wildman–Crippen MR) is 142 cm³/mol. The van der Waals surface area contributed by atoms with Crippen molar-refractivity contribution in [2.45, 2.75) is 19.3 Å². The van der Waals surface area contributed by atoms with Gasteiger partial charge in [0.15, 0.2) is 0 Å². The summed E-state index contributed by atoms with van der Waals surface area (Å²) in [6, 6.07) is 18.1. The number of likely N-dealkylation sites (tertiary alicyclic amines) is 1. The van der Waals surface area contributed by atoms with Crippen LogP contribution >= 0.6 is 0 Å². The van der Waals surface area contributed by atoms with Crippen LogP contribution in [0.5, 0.6) is 0 Å². The number of rotatable bonds is 1. The van der Waals surface area contributed by atoms with Crippen molar-refractivity contribution in [2.24, 2.45) is 0 Å². The molecule has 4 heterocycles. The highest BCUT2D eigenvalue weighted by Crippen LogP contribution is 2.33. The van der Waals surface area contributed by atoms with E-state index < -0.39 is 5.97 Å². The van der Waals surface area contributed by atoms with Gasteiger partial charge in [0.1, 0.15) is 0 Å². The van der Waals surface area contributed by atoms with E-state index in [-0.39, 0.29) is 36.0 Å². The molecule has 0 bridgehead atoms. The summed E-state index contributed by atoms with van der Waals surface area (Å²) in [4.78, 5) is 61.8. The van der Waals surface area contributed by atoms with Crippen LogP contribution in [0.1, 0.15) is 24.8 Å². The quantitative estimate of drug-likeness (QED) is 0.331. The maximum absolute atomic E-state index is 11.9. The molecule has 6 rings (SSSR count). The summed E-state index contributed by atoms with van der Waals surface area (Å²) in [5.74, 6) is -1.86. The number of aromatic amines is 2. The number of para-hydroxylation sites is 2. The maximum Gasteiger partial charge on any atom is 0.300 e. The first-order valence-electron chi connectivity index (χ1n) is 11.7. The molecule has 2 aliphatic heterocycles. The van der Waals surface area contributed by atoms with Crippen LogP contribution in [0.3, 0.4) is 0 Å². The SMILES string of the molecule is CC(=O)O.CN1C(=O)C=CC1=O.CN1C(=O)CC(c2c[nH]c3ccccc23)C1=O.c1ccc2[nH]ccc2c1. The highest BCUT2D eigenvalue weighted by Gasteiger charge is 2.38. The summed E-state index contributed by atoms with van der Waals surface area (Å²) >= 11 is 0. The maximum atomic E-state index is 11.9. The van der Waals surface area contributed by atoms with Gasteiger partial charge in [0.2, 0.25) is 11.8 Å². The molecule has 4 aromatic rings. The summed E-state index contributed by atoms with van der Waals surface area (Å²) in [5.41, 5.74) is 3.12. The second kappa shape index (κ2) is 12.3. The molecule has 1 fully saturated rings. The molecule has 1 atom stereocenters. The normalized spacial score (nSPS) is 16.1. The van der Waals surface area contributed by atoms with Gasteiger partial charge in [-0.1, -0.05) is 36.4 Å². The molecule has 38 heavy (non-hydrogen) atoms. The number of imide groups is 2. The average molecular weight is 517 g/mol. The Kier molecular flexibility index (Phi) is 8.94. The van der Waals surface area contributed by atoms with Gasteiger partial charge in [-0.3, -0.25) is 33.8 Å². The third-order valence-electron chi connectivity index (χ3n) is 5.87. The van der Waals surface area contributed by atoms with Crippen molar-refractivity contribution in [2.75, 3.05) is 14.1 Å². The van der Waals surface area contributed by atoms with E-state index in [9.17, 15) is 19.2 Å². The van der Waals surface area contributed by atoms with Crippen LogP contribution < -0.4 is 0 Å². The lowest BCUT2D eigenvalue weighted by atomic mass is 9.97. The second-order valence-electron chi connectivity index (χ2n) is 8.49. The summed E-state index contributed by atoms with van der Waals surface area (Å²) < 4.78 is 0. The smallest absolute Gasteiger partial charge is 0.300 e. The molecule has 0 radical (unpaired) electrons. The minimum Gasteiger partial charge on any atom is -0.481 e. The van der Waals surface area contributed by atoms with E-state index in [0.717, 1.165) is 28.3 Å². The zero-order valence-electron chi connectivity index (χ0n) is 21.2. The van der Waals surface area contributed by atoms with E-state index in [2.05, 4.69) is 28.2 Å². The van der Waals surface area contributed by atoms with Crippen LogP contribution in [0.2, 0.25) is 0 Å². The summed E-state index contributed by atoms with van der Waals surface area (Å²) in [6.45, 7) is 1.08. The Morgan fingerprint density at radius 2 is 1.42 bits per heavy atom. The van der Waals surface area contributed by atoms with Gasteiger partial charge in [-0.25, -0.2) is 0 Å². The van der Waals surface area contributed by atoms with E-state index in [1.54, 1.807) is 7.05 Å². The molecule has 196 valence electrons. The first-order valence-corrected chi connectivity index (χ1v) is 11.7. The fraction of sp³-hybridized carbons (Fsp3) is 0.179. The van der Waals surface area contributed by atoms with E-state index in [1.807, 2.05) is 48.8 Å². The predicted octanol–water partition coefficient (Wildman–Crippen LogP) is 3.44. The Morgan fingerprint density at radius 3 is 1.95 bits per heavy atom. The largest absolute Gasteiger partial charge is 0.481 e. The van der Waals surface area contributed by atoms with Gasteiger partial charge in [-0.2, -0.15) is 0 Å². The minimum absolute atomic E-state index is 0.106. The molecular weight excluding hydrogens is 488 g/mol. The number of nitrogens with zero attached hydrogens (tertiary/aromatic N) is 2. The van der Waals surface area contributed by atoms with Gasteiger partial charge in [-0.15, -0.1) is 0 Å². The summed E-state index contributed by atoms with van der Waals surface area (Å²) in [5, 5.41) is 9.71. The Balaban J connectivity index is 0.000000160. The molecule has 3 N–H and O–H groups in total. The summed E-state index contributed by atoms with van der Waals surface area (Å²) in [6.07, 6.45) is 6.56. The average Bonchev–Trinajstić information content (AvgIpc) is 3.66. The van der Waals surface area contributed by atoms with E-state index in [4.69, 9.17) is 9.90 Å². The van der Waals surface area contributed by atoms with Gasteiger partial charge in [0.25, 0.3) is 17.8 Å². The van der Waals surface area contributed by atoms with Gasteiger partial charge < -0.3 is 15.1 Å².